The highest BCUT2D eigenvalue weighted by atomic mass is 127. The lowest BCUT2D eigenvalue weighted by Crippen LogP contribution is -2.38. The molecule has 0 aliphatic carbocycles. The van der Waals surface area contributed by atoms with Crippen molar-refractivity contribution in [1.82, 2.24) is 15.8 Å². The highest BCUT2D eigenvalue weighted by Crippen LogP contribution is 2.23. The van der Waals surface area contributed by atoms with E-state index in [9.17, 15) is 5.11 Å². The summed E-state index contributed by atoms with van der Waals surface area (Å²) in [5, 5.41) is 21.7. The summed E-state index contributed by atoms with van der Waals surface area (Å²) < 4.78 is 5.18. The average Bonchev–Trinajstić information content (AvgIpc) is 2.93. The Kier molecular flexibility index (Phi) is 11.2. The van der Waals surface area contributed by atoms with Gasteiger partial charge in [0.1, 0.15) is 5.76 Å². The van der Waals surface area contributed by atoms with Gasteiger partial charge in [0.25, 0.3) is 0 Å². The Labute approximate surface area is 193 Å². The Morgan fingerprint density at radius 3 is 2.46 bits per heavy atom. The minimum absolute atomic E-state index is 0. The van der Waals surface area contributed by atoms with Crippen molar-refractivity contribution in [3.8, 4) is 0 Å². The van der Waals surface area contributed by atoms with Gasteiger partial charge in [-0.25, -0.2) is 0 Å². The first-order valence-corrected chi connectivity index (χ1v) is 9.74. The zero-order chi connectivity index (χ0) is 19.8. The second kappa shape index (κ2) is 12.5. The average molecular weight is 541 g/mol. The Morgan fingerprint density at radius 2 is 1.89 bits per heavy atom. The minimum atomic E-state index is -0.779. The van der Waals surface area contributed by atoms with E-state index in [-0.39, 0.29) is 30.5 Å². The number of aryl methyl sites for hydroxylation is 2. The van der Waals surface area contributed by atoms with Crippen LogP contribution < -0.4 is 10.6 Å². The number of guanidine groups is 1. The standard InChI is InChI=1S/C19H26Cl2N4O2.HI/c1-4-22-19(23-7-5-6-17-12(2)25-27-13(17)3)24-11-18(26)14-8-15(20)10-16(21)9-14;/h8-10,18,26H,4-7,11H2,1-3H3,(H2,22,23,24);1H. The number of rotatable bonds is 8. The van der Waals surface area contributed by atoms with E-state index in [1.165, 1.54) is 0 Å². The maximum absolute atomic E-state index is 10.3. The number of halogens is 3. The number of hydrogen-bond donors (Lipinski definition) is 3. The molecule has 1 aromatic heterocycles. The van der Waals surface area contributed by atoms with E-state index in [1.807, 2.05) is 20.8 Å². The molecule has 1 atom stereocenters. The van der Waals surface area contributed by atoms with Gasteiger partial charge in [0.05, 0.1) is 18.3 Å². The molecule has 156 valence electrons. The summed E-state index contributed by atoms with van der Waals surface area (Å²) in [5.74, 6) is 1.53. The van der Waals surface area contributed by atoms with E-state index in [0.29, 0.717) is 21.6 Å². The number of aromatic nitrogens is 1. The largest absolute Gasteiger partial charge is 0.386 e. The fourth-order valence-electron chi connectivity index (χ4n) is 2.72. The van der Waals surface area contributed by atoms with Crippen molar-refractivity contribution in [2.45, 2.75) is 39.7 Å². The van der Waals surface area contributed by atoms with Crippen molar-refractivity contribution in [3.05, 3.63) is 50.8 Å². The molecule has 0 saturated heterocycles. The van der Waals surface area contributed by atoms with Crippen LogP contribution in [-0.4, -0.2) is 35.9 Å². The molecule has 1 heterocycles. The summed E-state index contributed by atoms with van der Waals surface area (Å²) in [7, 11) is 0. The number of hydrogen-bond acceptors (Lipinski definition) is 4. The predicted molar refractivity (Wildman–Crippen MR) is 125 cm³/mol. The van der Waals surface area contributed by atoms with Crippen molar-refractivity contribution in [2.75, 3.05) is 19.6 Å². The second-order valence-electron chi connectivity index (χ2n) is 6.27. The van der Waals surface area contributed by atoms with Crippen LogP contribution in [0.1, 0.15) is 42.0 Å². The smallest absolute Gasteiger partial charge is 0.191 e. The molecule has 6 nitrogen and oxygen atoms in total. The monoisotopic (exact) mass is 540 g/mol. The molecule has 0 radical (unpaired) electrons. The van der Waals surface area contributed by atoms with Gasteiger partial charge in [0, 0.05) is 28.7 Å². The molecule has 28 heavy (non-hydrogen) atoms. The first-order valence-electron chi connectivity index (χ1n) is 8.98. The number of aliphatic hydroxyl groups is 1. The van der Waals surface area contributed by atoms with Gasteiger partial charge in [-0.1, -0.05) is 28.4 Å². The van der Waals surface area contributed by atoms with E-state index < -0.39 is 6.10 Å². The van der Waals surface area contributed by atoms with E-state index in [0.717, 1.165) is 42.9 Å². The molecule has 0 spiro atoms. The number of aliphatic imine (C=N–C) groups is 1. The fourth-order valence-corrected chi connectivity index (χ4v) is 3.27. The van der Waals surface area contributed by atoms with Gasteiger partial charge in [-0.15, -0.1) is 24.0 Å². The Balaban J connectivity index is 0.00000392. The molecule has 2 aromatic rings. The molecule has 0 amide bonds. The van der Waals surface area contributed by atoms with E-state index >= 15 is 0 Å². The number of aliphatic hydroxyl groups excluding tert-OH is 1. The molecule has 1 unspecified atom stereocenters. The summed E-state index contributed by atoms with van der Waals surface area (Å²) in [5.41, 5.74) is 2.74. The van der Waals surface area contributed by atoms with Crippen molar-refractivity contribution >= 4 is 53.1 Å². The van der Waals surface area contributed by atoms with Gasteiger partial charge in [0.2, 0.25) is 0 Å². The second-order valence-corrected chi connectivity index (χ2v) is 7.14. The van der Waals surface area contributed by atoms with Crippen LogP contribution in [0.25, 0.3) is 0 Å². The fraction of sp³-hybridized carbons (Fsp3) is 0.474. The molecular formula is C19H27Cl2IN4O2. The molecule has 0 bridgehead atoms. The van der Waals surface area contributed by atoms with E-state index in [2.05, 4.69) is 20.8 Å². The zero-order valence-electron chi connectivity index (χ0n) is 16.3. The molecule has 0 aliphatic rings. The third kappa shape index (κ3) is 7.77. The normalized spacial score (nSPS) is 12.4. The van der Waals surface area contributed by atoms with E-state index in [4.69, 9.17) is 27.7 Å². The molecule has 9 heteroatoms. The summed E-state index contributed by atoms with van der Waals surface area (Å²) in [6.45, 7) is 7.56. The van der Waals surface area contributed by atoms with E-state index in [1.54, 1.807) is 18.2 Å². The number of nitrogens with one attached hydrogen (secondary N) is 2. The van der Waals surface area contributed by atoms with Crippen molar-refractivity contribution in [2.24, 2.45) is 4.99 Å². The maximum Gasteiger partial charge on any atom is 0.191 e. The lowest BCUT2D eigenvalue weighted by atomic mass is 10.1. The molecule has 2 rings (SSSR count). The third-order valence-electron chi connectivity index (χ3n) is 4.11. The Morgan fingerprint density at radius 1 is 1.21 bits per heavy atom. The highest BCUT2D eigenvalue weighted by Gasteiger charge is 2.10. The number of benzene rings is 1. The topological polar surface area (TPSA) is 82.7 Å². The van der Waals surface area contributed by atoms with Crippen molar-refractivity contribution in [3.63, 3.8) is 0 Å². The van der Waals surface area contributed by atoms with Crippen molar-refractivity contribution in [1.29, 1.82) is 0 Å². The van der Waals surface area contributed by atoms with Crippen LogP contribution in [0.4, 0.5) is 0 Å². The lowest BCUT2D eigenvalue weighted by molar-refractivity contribution is 0.187. The van der Waals surface area contributed by atoms with Crippen LogP contribution >= 0.6 is 47.2 Å². The quantitative estimate of drug-likeness (QED) is 0.199. The van der Waals surface area contributed by atoms with Crippen LogP contribution in [0.15, 0.2) is 27.7 Å². The molecule has 0 fully saturated rings. The van der Waals surface area contributed by atoms with Crippen molar-refractivity contribution < 1.29 is 9.63 Å². The minimum Gasteiger partial charge on any atom is -0.386 e. The third-order valence-corrected chi connectivity index (χ3v) is 4.55. The van der Waals surface area contributed by atoms with Gasteiger partial charge in [-0.05, 0) is 57.4 Å². The summed E-state index contributed by atoms with van der Waals surface area (Å²) in [6, 6.07) is 5.02. The SMILES string of the molecule is CCNC(=NCC(O)c1cc(Cl)cc(Cl)c1)NCCCc1c(C)noc1C.I. The lowest BCUT2D eigenvalue weighted by Gasteiger charge is -2.14. The van der Waals surface area contributed by atoms with Crippen LogP contribution in [0.3, 0.4) is 0 Å². The predicted octanol–water partition coefficient (Wildman–Crippen LogP) is 4.44. The summed E-state index contributed by atoms with van der Waals surface area (Å²) in [6.07, 6.45) is 1.02. The van der Waals surface area contributed by atoms with Crippen LogP contribution in [-0.2, 0) is 6.42 Å². The summed E-state index contributed by atoms with van der Waals surface area (Å²) >= 11 is 12.0. The molecule has 0 saturated carbocycles. The van der Waals surface area contributed by atoms with Gasteiger partial charge in [-0.3, -0.25) is 4.99 Å². The Bertz CT molecular complexity index is 744. The summed E-state index contributed by atoms with van der Waals surface area (Å²) in [4.78, 5) is 4.45. The van der Waals surface area contributed by atoms with Gasteiger partial charge >= 0.3 is 0 Å². The van der Waals surface area contributed by atoms with Gasteiger partial charge in [0.15, 0.2) is 5.96 Å². The van der Waals surface area contributed by atoms with Crippen LogP contribution in [0.2, 0.25) is 10.0 Å². The molecule has 3 N–H and O–H groups in total. The molecule has 1 aromatic carbocycles. The molecular weight excluding hydrogens is 514 g/mol. The van der Waals surface area contributed by atoms with Gasteiger partial charge in [-0.2, -0.15) is 0 Å². The molecule has 0 aliphatic heterocycles. The van der Waals surface area contributed by atoms with Crippen LogP contribution in [0.5, 0.6) is 0 Å². The maximum atomic E-state index is 10.3. The van der Waals surface area contributed by atoms with Gasteiger partial charge < -0.3 is 20.3 Å². The Hall–Kier alpha value is -1.03. The zero-order valence-corrected chi connectivity index (χ0v) is 20.1. The first kappa shape index (κ1) is 25.0. The first-order chi connectivity index (χ1) is 12.9. The highest BCUT2D eigenvalue weighted by molar-refractivity contribution is 14.0. The van der Waals surface area contributed by atoms with Crippen LogP contribution in [0, 0.1) is 13.8 Å². The number of nitrogens with zero attached hydrogens (tertiary/aromatic N) is 2.